The van der Waals surface area contributed by atoms with Crippen LogP contribution in [0.4, 0.5) is 0 Å². The van der Waals surface area contributed by atoms with E-state index in [1.165, 1.54) is 5.56 Å². The lowest BCUT2D eigenvalue weighted by Gasteiger charge is -2.40. The van der Waals surface area contributed by atoms with Gasteiger partial charge in [0.25, 0.3) is 5.91 Å². The van der Waals surface area contributed by atoms with Gasteiger partial charge in [0.1, 0.15) is 5.75 Å². The van der Waals surface area contributed by atoms with Crippen molar-refractivity contribution in [2.75, 3.05) is 32.5 Å². The molecule has 9 heteroatoms. The van der Waals surface area contributed by atoms with E-state index in [0.29, 0.717) is 37.4 Å². The van der Waals surface area contributed by atoms with Crippen LogP contribution in [0.1, 0.15) is 42.1 Å². The molecule has 0 spiro atoms. The summed E-state index contributed by atoms with van der Waals surface area (Å²) in [5.41, 5.74) is 3.85. The molecule has 0 bridgehead atoms. The van der Waals surface area contributed by atoms with Gasteiger partial charge in [0, 0.05) is 54.7 Å². The van der Waals surface area contributed by atoms with E-state index in [2.05, 4.69) is 58.1 Å². The maximum atomic E-state index is 13.1. The first-order valence-corrected chi connectivity index (χ1v) is 15.4. The molecule has 218 valence electrons. The molecule has 0 aliphatic carbocycles. The molecule has 8 nitrogen and oxygen atoms in total. The van der Waals surface area contributed by atoms with Crippen molar-refractivity contribution in [3.05, 3.63) is 90.0 Å². The minimum absolute atomic E-state index is 0.0283. The number of rotatable bonds is 10. The Labute approximate surface area is 251 Å². The van der Waals surface area contributed by atoms with Gasteiger partial charge >= 0.3 is 0 Å². The number of unbranched alkanes of at least 4 members (excludes halogenated alkanes) is 1. The molecule has 0 N–H and O–H groups in total. The normalized spacial score (nSPS) is 15.1. The molecule has 1 fully saturated rings. The van der Waals surface area contributed by atoms with Gasteiger partial charge in [-0.25, -0.2) is 0 Å². The number of ether oxygens (including phenoxy) is 1. The van der Waals surface area contributed by atoms with Crippen molar-refractivity contribution in [1.29, 1.82) is 0 Å². The minimum Gasteiger partial charge on any atom is -0.497 e. The van der Waals surface area contributed by atoms with Crippen molar-refractivity contribution < 1.29 is 14.3 Å². The van der Waals surface area contributed by atoms with Crippen LogP contribution in [-0.4, -0.2) is 74.9 Å². The lowest BCUT2D eigenvalue weighted by atomic mass is 10.1. The minimum atomic E-state index is -0.0518. The van der Waals surface area contributed by atoms with E-state index >= 15 is 0 Å². The third kappa shape index (κ3) is 6.85. The van der Waals surface area contributed by atoms with E-state index in [9.17, 15) is 9.59 Å². The van der Waals surface area contributed by atoms with Crippen molar-refractivity contribution in [3.8, 4) is 22.8 Å². The van der Waals surface area contributed by atoms with E-state index in [-0.39, 0.29) is 17.9 Å². The van der Waals surface area contributed by atoms with Gasteiger partial charge in [-0.15, -0.1) is 10.2 Å². The number of hydrogen-bond donors (Lipinski definition) is 0. The smallest absolute Gasteiger partial charge is 0.254 e. The van der Waals surface area contributed by atoms with Gasteiger partial charge < -0.3 is 14.5 Å². The second-order valence-corrected chi connectivity index (χ2v) is 11.6. The molecule has 1 aliphatic rings. The lowest BCUT2D eigenvalue weighted by molar-refractivity contribution is -0.133. The van der Waals surface area contributed by atoms with Crippen LogP contribution in [0.5, 0.6) is 5.75 Å². The fourth-order valence-electron chi connectivity index (χ4n) is 5.17. The molecule has 1 atom stereocenters. The average Bonchev–Trinajstić information content (AvgIpc) is 3.45. The molecule has 2 amide bonds. The zero-order chi connectivity index (χ0) is 29.5. The van der Waals surface area contributed by atoms with E-state index in [1.807, 2.05) is 47.1 Å². The maximum absolute atomic E-state index is 13.1. The van der Waals surface area contributed by atoms with E-state index < -0.39 is 0 Å². The molecule has 1 saturated heterocycles. The lowest BCUT2D eigenvalue weighted by Crippen LogP contribution is -2.55. The van der Waals surface area contributed by atoms with E-state index in [0.717, 1.165) is 40.8 Å². The summed E-state index contributed by atoms with van der Waals surface area (Å²) in [4.78, 5) is 29.8. The summed E-state index contributed by atoms with van der Waals surface area (Å²) in [6.45, 7) is 5.70. The summed E-state index contributed by atoms with van der Waals surface area (Å²) in [5.74, 6) is 2.43. The maximum Gasteiger partial charge on any atom is 0.254 e. The van der Waals surface area contributed by atoms with E-state index in [4.69, 9.17) is 4.74 Å². The fourth-order valence-corrected chi connectivity index (χ4v) is 6.12. The number of methoxy groups -OCH3 is 1. The number of amides is 2. The molecule has 3 aromatic carbocycles. The van der Waals surface area contributed by atoms with Crippen LogP contribution in [0.15, 0.2) is 84.0 Å². The number of piperazine rings is 1. The number of aromatic nitrogens is 3. The Hall–Kier alpha value is -4.11. The van der Waals surface area contributed by atoms with Gasteiger partial charge in [-0.1, -0.05) is 65.9 Å². The molecular weight excluding hydrogens is 546 g/mol. The predicted octanol–water partition coefficient (Wildman–Crippen LogP) is 5.89. The van der Waals surface area contributed by atoms with Crippen LogP contribution in [0.2, 0.25) is 0 Å². The first-order valence-electron chi connectivity index (χ1n) is 14.4. The largest absolute Gasteiger partial charge is 0.497 e. The second-order valence-electron chi connectivity index (χ2n) is 10.6. The summed E-state index contributed by atoms with van der Waals surface area (Å²) in [6.07, 6.45) is 2.19. The fraction of sp³-hybridized carbons (Fsp3) is 0.333. The molecule has 1 unspecified atom stereocenters. The average molecular weight is 584 g/mol. The third-order valence-corrected chi connectivity index (χ3v) is 8.55. The molecule has 2 heterocycles. The van der Waals surface area contributed by atoms with Crippen molar-refractivity contribution in [2.45, 2.75) is 44.3 Å². The molecule has 4 aromatic rings. The number of carbonyl (C=O) groups is 2. The summed E-state index contributed by atoms with van der Waals surface area (Å²) in [7, 11) is 1.59. The molecule has 1 aliphatic heterocycles. The number of thioether (sulfide) groups is 1. The Morgan fingerprint density at radius 1 is 0.952 bits per heavy atom. The van der Waals surface area contributed by atoms with Gasteiger partial charge in [-0.2, -0.15) is 0 Å². The first-order chi connectivity index (χ1) is 20.4. The quantitative estimate of drug-likeness (QED) is 0.171. The van der Waals surface area contributed by atoms with Crippen LogP contribution in [-0.2, 0) is 4.79 Å². The molecule has 1 aromatic heterocycles. The number of benzene rings is 3. The van der Waals surface area contributed by atoms with Gasteiger partial charge in [-0.3, -0.25) is 14.2 Å². The highest BCUT2D eigenvalue weighted by Gasteiger charge is 2.30. The van der Waals surface area contributed by atoms with Crippen molar-refractivity contribution >= 4 is 23.6 Å². The van der Waals surface area contributed by atoms with Crippen molar-refractivity contribution in [1.82, 2.24) is 24.6 Å². The summed E-state index contributed by atoms with van der Waals surface area (Å²) in [5, 5.41) is 9.89. The number of nitrogens with zero attached hydrogens (tertiary/aromatic N) is 5. The Kier molecular flexibility index (Phi) is 9.59. The van der Waals surface area contributed by atoms with Gasteiger partial charge in [-0.05, 0) is 57.0 Å². The number of hydrogen-bond acceptors (Lipinski definition) is 6. The highest BCUT2D eigenvalue weighted by Crippen LogP contribution is 2.29. The number of para-hydroxylation sites is 1. The molecule has 42 heavy (non-hydrogen) atoms. The van der Waals surface area contributed by atoms with Crippen LogP contribution >= 0.6 is 11.8 Å². The Morgan fingerprint density at radius 3 is 2.48 bits per heavy atom. The molecule has 0 saturated carbocycles. The molecule has 0 radical (unpaired) electrons. The first kappa shape index (κ1) is 29.4. The van der Waals surface area contributed by atoms with Gasteiger partial charge in [0.05, 0.1) is 7.11 Å². The predicted molar refractivity (Wildman–Crippen MR) is 166 cm³/mol. The highest BCUT2D eigenvalue weighted by molar-refractivity contribution is 7.99. The topological polar surface area (TPSA) is 80.6 Å². The Bertz CT molecular complexity index is 1510. The van der Waals surface area contributed by atoms with Crippen LogP contribution in [0.25, 0.3) is 17.1 Å². The van der Waals surface area contributed by atoms with Crippen molar-refractivity contribution in [3.63, 3.8) is 0 Å². The number of carbonyl (C=O) groups excluding carboxylic acids is 2. The monoisotopic (exact) mass is 583 g/mol. The number of aryl methyl sites for hydroxylation is 1. The third-order valence-electron chi connectivity index (χ3n) is 7.53. The molecule has 5 rings (SSSR count). The summed E-state index contributed by atoms with van der Waals surface area (Å²) >= 11 is 1.66. The van der Waals surface area contributed by atoms with E-state index in [1.54, 1.807) is 31.0 Å². The van der Waals surface area contributed by atoms with Crippen LogP contribution in [0.3, 0.4) is 0 Å². The summed E-state index contributed by atoms with van der Waals surface area (Å²) < 4.78 is 7.37. The second kappa shape index (κ2) is 13.7. The van der Waals surface area contributed by atoms with Gasteiger partial charge in [0.2, 0.25) is 5.91 Å². The van der Waals surface area contributed by atoms with Gasteiger partial charge in [0.15, 0.2) is 11.0 Å². The zero-order valence-corrected chi connectivity index (χ0v) is 25.2. The SMILES string of the molecule is COc1cccc(C(=O)N2CCN(C(=O)CCCCSc3nnc(-c4ccc(C)cc4)n3-c3ccccc3)CC2C)c1. The standard InChI is InChI=1S/C33H37N5O3S/c1-24-15-17-26(18-16-24)31-34-35-33(38(31)28-11-5-4-6-12-28)42-21-8-7-14-30(39)36-19-20-37(25(2)23-36)32(40)27-10-9-13-29(22-27)41-3/h4-6,9-13,15-18,22,25H,7-8,14,19-21,23H2,1-3H3. The Balaban J connectivity index is 1.12. The highest BCUT2D eigenvalue weighted by atomic mass is 32.2. The van der Waals surface area contributed by atoms with Crippen LogP contribution in [0, 0.1) is 6.92 Å². The molecular formula is C33H37N5O3S. The summed E-state index contributed by atoms with van der Waals surface area (Å²) in [6, 6.07) is 25.7. The van der Waals surface area contributed by atoms with Crippen molar-refractivity contribution in [2.24, 2.45) is 0 Å². The van der Waals surface area contributed by atoms with Crippen LogP contribution < -0.4 is 4.74 Å². The zero-order valence-electron chi connectivity index (χ0n) is 24.4. The Morgan fingerprint density at radius 2 is 1.74 bits per heavy atom.